The second kappa shape index (κ2) is 7.31. The second-order valence-corrected chi connectivity index (χ2v) is 6.72. The normalized spacial score (nSPS) is 21.2. The zero-order valence-corrected chi connectivity index (χ0v) is 13.4. The van der Waals surface area contributed by atoms with Crippen molar-refractivity contribution in [2.75, 3.05) is 13.7 Å². The molecule has 2 nitrogen and oxygen atoms in total. The van der Waals surface area contributed by atoms with Gasteiger partial charge >= 0.3 is 0 Å². The molecule has 1 fully saturated rings. The average Bonchev–Trinajstić information content (AvgIpc) is 2.81. The average molecular weight is 287 g/mol. The maximum Gasteiger partial charge on any atom is 0.127 e. The van der Waals surface area contributed by atoms with Gasteiger partial charge in [0.25, 0.3) is 0 Å². The Morgan fingerprint density at radius 3 is 2.71 bits per heavy atom. The quantitative estimate of drug-likeness (QED) is 0.815. The van der Waals surface area contributed by atoms with E-state index in [1.54, 1.807) is 0 Å². The lowest BCUT2D eigenvalue weighted by atomic mass is 9.88. The summed E-state index contributed by atoms with van der Waals surface area (Å²) in [7, 11) is 2.10. The predicted molar refractivity (Wildman–Crippen MR) is 87.9 cm³/mol. The minimum Gasteiger partial charge on any atom is -0.493 e. The van der Waals surface area contributed by atoms with Crippen LogP contribution in [-0.2, 0) is 6.42 Å². The fraction of sp³-hybridized carbons (Fsp3) is 0.684. The van der Waals surface area contributed by atoms with Crippen LogP contribution < -0.4 is 10.1 Å². The number of nitrogens with one attached hydrogen (secondary N) is 1. The Morgan fingerprint density at radius 1 is 1.14 bits per heavy atom. The van der Waals surface area contributed by atoms with Crippen LogP contribution in [0.25, 0.3) is 0 Å². The summed E-state index contributed by atoms with van der Waals surface area (Å²) in [5.41, 5.74) is 2.79. The Kier molecular flexibility index (Phi) is 5.18. The standard InChI is InChI=1S/C19H29NO/c1-20-18(14-15-8-4-2-3-5-9-15)17-12-6-10-16-11-7-13-21-19(16)17/h6,10,12,15,18,20H,2-5,7-9,11,13-14H2,1H3. The summed E-state index contributed by atoms with van der Waals surface area (Å²) in [6.07, 6.45) is 12.1. The van der Waals surface area contributed by atoms with Gasteiger partial charge in [-0.2, -0.15) is 0 Å². The van der Waals surface area contributed by atoms with Crippen molar-refractivity contribution in [1.82, 2.24) is 5.32 Å². The summed E-state index contributed by atoms with van der Waals surface area (Å²) in [4.78, 5) is 0. The predicted octanol–water partition coefficient (Wildman–Crippen LogP) is 4.63. The molecule has 0 bridgehead atoms. The SMILES string of the molecule is CNC(CC1CCCCCC1)c1cccc2c1OCCC2. The van der Waals surface area contributed by atoms with Crippen LogP contribution in [-0.4, -0.2) is 13.7 Å². The zero-order valence-electron chi connectivity index (χ0n) is 13.4. The van der Waals surface area contributed by atoms with Crippen LogP contribution in [0.1, 0.15) is 68.5 Å². The van der Waals surface area contributed by atoms with E-state index in [2.05, 4.69) is 30.6 Å². The third kappa shape index (κ3) is 3.60. The molecular formula is C19H29NO. The molecule has 21 heavy (non-hydrogen) atoms. The fourth-order valence-electron chi connectivity index (χ4n) is 4.02. The summed E-state index contributed by atoms with van der Waals surface area (Å²) in [5.74, 6) is 2.06. The van der Waals surface area contributed by atoms with Crippen molar-refractivity contribution in [2.45, 2.75) is 63.8 Å². The van der Waals surface area contributed by atoms with E-state index in [1.807, 2.05) is 0 Å². The number of hydrogen-bond acceptors (Lipinski definition) is 2. The number of ether oxygens (including phenoxy) is 1. The first-order valence-electron chi connectivity index (χ1n) is 8.80. The Balaban J connectivity index is 1.76. The fourth-order valence-corrected chi connectivity index (χ4v) is 4.02. The summed E-state index contributed by atoms with van der Waals surface area (Å²) < 4.78 is 6.01. The number of para-hydroxylation sites is 1. The van der Waals surface area contributed by atoms with Crippen LogP contribution in [0.3, 0.4) is 0 Å². The molecule has 1 heterocycles. The molecule has 1 aliphatic heterocycles. The molecule has 1 atom stereocenters. The maximum absolute atomic E-state index is 6.01. The first kappa shape index (κ1) is 14.9. The molecule has 1 aromatic rings. The smallest absolute Gasteiger partial charge is 0.127 e. The van der Waals surface area contributed by atoms with Gasteiger partial charge in [-0.05, 0) is 37.8 Å². The highest BCUT2D eigenvalue weighted by Gasteiger charge is 2.23. The van der Waals surface area contributed by atoms with Gasteiger partial charge in [-0.1, -0.05) is 56.7 Å². The zero-order chi connectivity index (χ0) is 14.5. The Labute approximate surface area is 129 Å². The highest BCUT2D eigenvalue weighted by molar-refractivity contribution is 5.44. The molecule has 116 valence electrons. The van der Waals surface area contributed by atoms with Crippen LogP contribution in [0.2, 0.25) is 0 Å². The number of aryl methyl sites for hydroxylation is 1. The number of fused-ring (bicyclic) bond motifs is 1. The third-order valence-corrected chi connectivity index (χ3v) is 5.23. The van der Waals surface area contributed by atoms with E-state index in [4.69, 9.17) is 4.74 Å². The van der Waals surface area contributed by atoms with Gasteiger partial charge in [-0.3, -0.25) is 0 Å². The van der Waals surface area contributed by atoms with Gasteiger partial charge in [-0.25, -0.2) is 0 Å². The summed E-state index contributed by atoms with van der Waals surface area (Å²) in [5, 5.41) is 3.56. The maximum atomic E-state index is 6.01. The van der Waals surface area contributed by atoms with Gasteiger partial charge < -0.3 is 10.1 Å². The van der Waals surface area contributed by atoms with Gasteiger partial charge in [0.15, 0.2) is 0 Å². The third-order valence-electron chi connectivity index (χ3n) is 5.23. The van der Waals surface area contributed by atoms with Crippen molar-refractivity contribution >= 4 is 0 Å². The molecule has 0 saturated heterocycles. The summed E-state index contributed by atoms with van der Waals surface area (Å²) in [6, 6.07) is 7.15. The van der Waals surface area contributed by atoms with Crippen LogP contribution in [0, 0.1) is 5.92 Å². The molecular weight excluding hydrogens is 258 g/mol. The topological polar surface area (TPSA) is 21.3 Å². The Hall–Kier alpha value is -1.02. The highest BCUT2D eigenvalue weighted by atomic mass is 16.5. The van der Waals surface area contributed by atoms with Crippen LogP contribution in [0.4, 0.5) is 0 Å². The molecule has 3 rings (SSSR count). The van der Waals surface area contributed by atoms with Crippen LogP contribution >= 0.6 is 0 Å². The molecule has 0 amide bonds. The molecule has 1 N–H and O–H groups in total. The van der Waals surface area contributed by atoms with Crippen LogP contribution in [0.15, 0.2) is 18.2 Å². The van der Waals surface area contributed by atoms with Crippen molar-refractivity contribution in [3.8, 4) is 5.75 Å². The minimum absolute atomic E-state index is 0.446. The largest absolute Gasteiger partial charge is 0.493 e. The lowest BCUT2D eigenvalue weighted by Gasteiger charge is -2.27. The lowest BCUT2D eigenvalue weighted by molar-refractivity contribution is 0.277. The van der Waals surface area contributed by atoms with E-state index in [-0.39, 0.29) is 0 Å². The van der Waals surface area contributed by atoms with Crippen molar-refractivity contribution in [3.05, 3.63) is 29.3 Å². The molecule has 1 saturated carbocycles. The molecule has 2 aliphatic rings. The molecule has 2 heteroatoms. The van der Waals surface area contributed by atoms with Crippen molar-refractivity contribution in [3.63, 3.8) is 0 Å². The van der Waals surface area contributed by atoms with Crippen molar-refractivity contribution in [1.29, 1.82) is 0 Å². The lowest BCUT2D eigenvalue weighted by Crippen LogP contribution is -2.22. The first-order chi connectivity index (χ1) is 10.4. The van der Waals surface area contributed by atoms with Crippen molar-refractivity contribution < 1.29 is 4.74 Å². The van der Waals surface area contributed by atoms with E-state index in [1.165, 1.54) is 68.2 Å². The van der Waals surface area contributed by atoms with Gasteiger partial charge in [0, 0.05) is 11.6 Å². The number of rotatable bonds is 4. The summed E-state index contributed by atoms with van der Waals surface area (Å²) in [6.45, 7) is 0.879. The van der Waals surface area contributed by atoms with Gasteiger partial charge in [-0.15, -0.1) is 0 Å². The van der Waals surface area contributed by atoms with E-state index >= 15 is 0 Å². The Morgan fingerprint density at radius 2 is 1.95 bits per heavy atom. The van der Waals surface area contributed by atoms with Crippen molar-refractivity contribution in [2.24, 2.45) is 5.92 Å². The number of hydrogen-bond donors (Lipinski definition) is 1. The molecule has 0 spiro atoms. The minimum atomic E-state index is 0.446. The van der Waals surface area contributed by atoms with Gasteiger partial charge in [0.2, 0.25) is 0 Å². The second-order valence-electron chi connectivity index (χ2n) is 6.72. The highest BCUT2D eigenvalue weighted by Crippen LogP contribution is 2.37. The van der Waals surface area contributed by atoms with Crippen LogP contribution in [0.5, 0.6) is 5.75 Å². The van der Waals surface area contributed by atoms with E-state index in [0.29, 0.717) is 6.04 Å². The van der Waals surface area contributed by atoms with E-state index in [9.17, 15) is 0 Å². The molecule has 1 aliphatic carbocycles. The molecule has 1 aromatic carbocycles. The molecule has 0 aromatic heterocycles. The monoisotopic (exact) mass is 287 g/mol. The van der Waals surface area contributed by atoms with Gasteiger partial charge in [0.05, 0.1) is 6.61 Å². The Bertz CT molecular complexity index is 449. The number of benzene rings is 1. The van der Waals surface area contributed by atoms with E-state index < -0.39 is 0 Å². The van der Waals surface area contributed by atoms with E-state index in [0.717, 1.165) is 18.9 Å². The summed E-state index contributed by atoms with van der Waals surface area (Å²) >= 11 is 0. The first-order valence-corrected chi connectivity index (χ1v) is 8.80. The van der Waals surface area contributed by atoms with Gasteiger partial charge in [0.1, 0.15) is 5.75 Å². The molecule has 1 unspecified atom stereocenters. The molecule has 0 radical (unpaired) electrons.